The van der Waals surface area contributed by atoms with Crippen molar-refractivity contribution < 1.29 is 9.18 Å². The number of hydrogen-bond acceptors (Lipinski definition) is 1. The lowest BCUT2D eigenvalue weighted by molar-refractivity contribution is 0.0973. The van der Waals surface area contributed by atoms with Crippen LogP contribution >= 0.6 is 0 Å². The molecule has 1 amide bonds. The predicted molar refractivity (Wildman–Crippen MR) is 76.7 cm³/mol. The van der Waals surface area contributed by atoms with Crippen LogP contribution < -0.4 is 5.32 Å². The highest BCUT2D eigenvalue weighted by Crippen LogP contribution is 2.30. The molecule has 0 heterocycles. The Morgan fingerprint density at radius 3 is 2.45 bits per heavy atom. The third-order valence-corrected chi connectivity index (χ3v) is 3.45. The van der Waals surface area contributed by atoms with Gasteiger partial charge in [-0.15, -0.1) is 0 Å². The summed E-state index contributed by atoms with van der Waals surface area (Å²) in [6.07, 6.45) is 1.01. The first kappa shape index (κ1) is 12.6. The molecule has 0 aliphatic heterocycles. The first-order valence-corrected chi connectivity index (χ1v) is 6.59. The molecule has 3 heteroatoms. The molecule has 20 heavy (non-hydrogen) atoms. The van der Waals surface area contributed by atoms with Crippen molar-refractivity contribution in [1.82, 2.24) is 5.32 Å². The quantitative estimate of drug-likeness (QED) is 0.883. The summed E-state index contributed by atoms with van der Waals surface area (Å²) in [6, 6.07) is 16.4. The van der Waals surface area contributed by atoms with Crippen molar-refractivity contribution in [2.45, 2.75) is 12.8 Å². The zero-order valence-electron chi connectivity index (χ0n) is 10.9. The molecule has 0 saturated heterocycles. The molecule has 0 spiro atoms. The second-order valence-electron chi connectivity index (χ2n) is 4.76. The molecule has 1 aliphatic carbocycles. The molecule has 2 aromatic carbocycles. The molecule has 0 bridgehead atoms. The molecule has 0 atom stereocenters. The highest BCUT2D eigenvalue weighted by atomic mass is 19.1. The number of amides is 1. The van der Waals surface area contributed by atoms with Crippen molar-refractivity contribution in [2.75, 3.05) is 0 Å². The van der Waals surface area contributed by atoms with E-state index in [4.69, 9.17) is 0 Å². The monoisotopic (exact) mass is 267 g/mol. The van der Waals surface area contributed by atoms with Crippen LogP contribution in [0.3, 0.4) is 0 Å². The fraction of sp³-hybridized carbons (Fsp3) is 0.118. The van der Waals surface area contributed by atoms with E-state index >= 15 is 0 Å². The van der Waals surface area contributed by atoms with Crippen LogP contribution in [0.1, 0.15) is 27.9 Å². The summed E-state index contributed by atoms with van der Waals surface area (Å²) in [4.78, 5) is 12.2. The minimum absolute atomic E-state index is 0.256. The lowest BCUT2D eigenvalue weighted by atomic mass is 9.94. The van der Waals surface area contributed by atoms with E-state index in [1.165, 1.54) is 0 Å². The highest BCUT2D eigenvalue weighted by molar-refractivity contribution is 6.00. The van der Waals surface area contributed by atoms with Crippen LogP contribution in [0.2, 0.25) is 0 Å². The maximum absolute atomic E-state index is 14.1. The molecule has 1 aliphatic rings. The standard InChI is InChI=1S/C17H14FNO/c18-15-11-10-12-6-4-5-9-14(12)16(15)19-17(20)13-7-2-1-3-8-13/h1-9H,10-11H2,(H,19,20). The summed E-state index contributed by atoms with van der Waals surface area (Å²) in [7, 11) is 0. The van der Waals surface area contributed by atoms with Gasteiger partial charge < -0.3 is 5.32 Å². The van der Waals surface area contributed by atoms with Crippen LogP contribution in [-0.4, -0.2) is 5.91 Å². The van der Waals surface area contributed by atoms with Gasteiger partial charge in [0.25, 0.3) is 5.91 Å². The lowest BCUT2D eigenvalue weighted by Crippen LogP contribution is -2.24. The lowest BCUT2D eigenvalue weighted by Gasteiger charge is -2.20. The van der Waals surface area contributed by atoms with Crippen LogP contribution in [0, 0.1) is 0 Å². The Balaban J connectivity index is 1.92. The molecular formula is C17H14FNO. The molecule has 2 aromatic rings. The van der Waals surface area contributed by atoms with E-state index < -0.39 is 0 Å². The molecule has 100 valence electrons. The fourth-order valence-corrected chi connectivity index (χ4v) is 2.41. The Kier molecular flexibility index (Phi) is 3.33. The number of aryl methyl sites for hydroxylation is 1. The molecule has 0 saturated carbocycles. The molecule has 1 N–H and O–H groups in total. The number of hydrogen-bond donors (Lipinski definition) is 1. The number of halogens is 1. The third kappa shape index (κ3) is 2.35. The summed E-state index contributed by atoms with van der Waals surface area (Å²) in [5.41, 5.74) is 2.68. The van der Waals surface area contributed by atoms with Crippen LogP contribution in [0.15, 0.2) is 60.4 Å². The second-order valence-corrected chi connectivity index (χ2v) is 4.76. The zero-order valence-corrected chi connectivity index (χ0v) is 10.9. The minimum Gasteiger partial charge on any atom is -0.319 e. The fourth-order valence-electron chi connectivity index (χ4n) is 2.41. The van der Waals surface area contributed by atoms with E-state index in [-0.39, 0.29) is 11.7 Å². The molecule has 0 radical (unpaired) electrons. The van der Waals surface area contributed by atoms with Gasteiger partial charge in [0.15, 0.2) is 0 Å². The van der Waals surface area contributed by atoms with Crippen LogP contribution in [0.4, 0.5) is 4.39 Å². The number of fused-ring (bicyclic) bond motifs is 1. The SMILES string of the molecule is O=C(NC1=C(F)CCc2ccccc21)c1ccccc1. The Labute approximate surface area is 116 Å². The number of allylic oxidation sites excluding steroid dienone is 1. The maximum atomic E-state index is 14.1. The summed E-state index contributed by atoms with van der Waals surface area (Å²) >= 11 is 0. The second kappa shape index (κ2) is 5.29. The van der Waals surface area contributed by atoms with Crippen molar-refractivity contribution in [1.29, 1.82) is 0 Å². The van der Waals surface area contributed by atoms with Crippen molar-refractivity contribution >= 4 is 11.6 Å². The van der Waals surface area contributed by atoms with Crippen molar-refractivity contribution in [3.8, 4) is 0 Å². The first-order chi connectivity index (χ1) is 9.75. The molecular weight excluding hydrogens is 253 g/mol. The van der Waals surface area contributed by atoms with Gasteiger partial charge in [-0.25, -0.2) is 4.39 Å². The van der Waals surface area contributed by atoms with Gasteiger partial charge in [0.2, 0.25) is 0 Å². The minimum atomic E-state index is -0.285. The van der Waals surface area contributed by atoms with Crippen molar-refractivity contribution in [3.05, 3.63) is 77.1 Å². The number of carbonyl (C=O) groups excluding carboxylic acids is 1. The van der Waals surface area contributed by atoms with Gasteiger partial charge in [0.05, 0.1) is 5.70 Å². The van der Waals surface area contributed by atoms with E-state index in [9.17, 15) is 9.18 Å². The van der Waals surface area contributed by atoms with Crippen molar-refractivity contribution in [2.24, 2.45) is 0 Å². The highest BCUT2D eigenvalue weighted by Gasteiger charge is 2.20. The molecule has 0 fully saturated rings. The summed E-state index contributed by atoms with van der Waals surface area (Å²) < 4.78 is 14.1. The maximum Gasteiger partial charge on any atom is 0.255 e. The topological polar surface area (TPSA) is 29.1 Å². The Morgan fingerprint density at radius 2 is 1.65 bits per heavy atom. The Hall–Kier alpha value is -2.42. The van der Waals surface area contributed by atoms with Crippen LogP contribution in [0.25, 0.3) is 5.70 Å². The van der Waals surface area contributed by atoms with E-state index in [1.54, 1.807) is 24.3 Å². The van der Waals surface area contributed by atoms with Crippen molar-refractivity contribution in [3.63, 3.8) is 0 Å². The van der Waals surface area contributed by atoms with E-state index in [2.05, 4.69) is 5.32 Å². The van der Waals surface area contributed by atoms with E-state index in [0.29, 0.717) is 24.1 Å². The predicted octanol–water partition coefficient (Wildman–Crippen LogP) is 3.70. The number of nitrogens with one attached hydrogen (secondary N) is 1. The summed E-state index contributed by atoms with van der Waals surface area (Å²) in [5.74, 6) is -0.541. The smallest absolute Gasteiger partial charge is 0.255 e. The van der Waals surface area contributed by atoms with Crippen LogP contribution in [-0.2, 0) is 6.42 Å². The number of rotatable bonds is 2. The molecule has 0 unspecified atom stereocenters. The molecule has 0 aromatic heterocycles. The number of carbonyl (C=O) groups is 1. The van der Waals surface area contributed by atoms with E-state index in [1.807, 2.05) is 30.3 Å². The molecule has 2 nitrogen and oxygen atoms in total. The van der Waals surface area contributed by atoms with Gasteiger partial charge in [0.1, 0.15) is 5.83 Å². The average Bonchev–Trinajstić information content (AvgIpc) is 2.51. The average molecular weight is 267 g/mol. The molecule has 3 rings (SSSR count). The Bertz CT molecular complexity index is 676. The third-order valence-electron chi connectivity index (χ3n) is 3.45. The normalized spacial score (nSPS) is 13.8. The van der Waals surface area contributed by atoms with Gasteiger partial charge in [-0.2, -0.15) is 0 Å². The zero-order chi connectivity index (χ0) is 13.9. The van der Waals surface area contributed by atoms with E-state index in [0.717, 1.165) is 11.1 Å². The van der Waals surface area contributed by atoms with Gasteiger partial charge in [-0.3, -0.25) is 4.79 Å². The van der Waals surface area contributed by atoms with Gasteiger partial charge in [0, 0.05) is 17.5 Å². The van der Waals surface area contributed by atoms with Gasteiger partial charge in [-0.1, -0.05) is 42.5 Å². The number of benzene rings is 2. The largest absolute Gasteiger partial charge is 0.319 e. The summed E-state index contributed by atoms with van der Waals surface area (Å²) in [6.45, 7) is 0. The summed E-state index contributed by atoms with van der Waals surface area (Å²) in [5, 5.41) is 2.71. The van der Waals surface area contributed by atoms with Crippen LogP contribution in [0.5, 0.6) is 0 Å². The first-order valence-electron chi connectivity index (χ1n) is 6.59. The van der Waals surface area contributed by atoms with Gasteiger partial charge >= 0.3 is 0 Å². The van der Waals surface area contributed by atoms with Gasteiger partial charge in [-0.05, 0) is 24.1 Å². The Morgan fingerprint density at radius 1 is 0.950 bits per heavy atom.